The summed E-state index contributed by atoms with van der Waals surface area (Å²) in [6.45, 7) is -0.450. The van der Waals surface area contributed by atoms with Crippen LogP contribution in [0.3, 0.4) is 0 Å². The van der Waals surface area contributed by atoms with Crippen LogP contribution < -0.4 is 4.74 Å². The fourth-order valence-electron chi connectivity index (χ4n) is 2.88. The Morgan fingerprint density at radius 1 is 0.903 bits per heavy atom. The first kappa shape index (κ1) is 22.4. The maximum atomic E-state index is 11.9. The number of ether oxygens (including phenoxy) is 3. The second-order valence-electron chi connectivity index (χ2n) is 6.87. The van der Waals surface area contributed by atoms with Crippen molar-refractivity contribution in [2.45, 2.75) is 30.7 Å². The molecule has 0 aromatic heterocycles. The lowest BCUT2D eigenvalue weighted by molar-refractivity contribution is -0.278. The van der Waals surface area contributed by atoms with E-state index in [1.54, 1.807) is 12.1 Å². The molecule has 0 saturated carbocycles. The third-order valence-corrected chi connectivity index (χ3v) is 4.49. The zero-order valence-electron chi connectivity index (χ0n) is 16.1. The van der Waals surface area contributed by atoms with Crippen LogP contribution in [0.2, 0.25) is 0 Å². The highest BCUT2D eigenvalue weighted by atomic mass is 16.7. The molecule has 31 heavy (non-hydrogen) atoms. The summed E-state index contributed by atoms with van der Waals surface area (Å²) < 4.78 is 15.8. The van der Waals surface area contributed by atoms with E-state index in [4.69, 9.17) is 14.2 Å². The van der Waals surface area contributed by atoms with Gasteiger partial charge in [-0.05, 0) is 23.8 Å². The average molecular weight is 434 g/mol. The quantitative estimate of drug-likeness (QED) is 0.274. The van der Waals surface area contributed by atoms with Gasteiger partial charge in [-0.15, -0.1) is 0 Å². The first-order chi connectivity index (χ1) is 14.7. The van der Waals surface area contributed by atoms with E-state index < -0.39 is 43.3 Å². The molecule has 2 aromatic carbocycles. The van der Waals surface area contributed by atoms with E-state index in [9.17, 15) is 35.4 Å². The molecule has 1 saturated heterocycles. The SMILES string of the molecule is O=C(C=Cc1ccc(O)cc1)OC[C@@H]1O[C@@H](Oc2cc(O)cc(O)c2)[C@H](O)[C@@H](O)[C@@H]1O. The molecule has 2 aromatic rings. The summed E-state index contributed by atoms with van der Waals surface area (Å²) in [7, 11) is 0. The Balaban J connectivity index is 1.60. The number of hydrogen-bond donors (Lipinski definition) is 6. The summed E-state index contributed by atoms with van der Waals surface area (Å²) >= 11 is 0. The molecule has 0 radical (unpaired) electrons. The number of phenols is 3. The van der Waals surface area contributed by atoms with Gasteiger partial charge < -0.3 is 44.8 Å². The minimum Gasteiger partial charge on any atom is -0.508 e. The third-order valence-electron chi connectivity index (χ3n) is 4.49. The van der Waals surface area contributed by atoms with Crippen LogP contribution in [-0.4, -0.2) is 73.9 Å². The van der Waals surface area contributed by atoms with E-state index in [-0.39, 0.29) is 23.0 Å². The van der Waals surface area contributed by atoms with Gasteiger partial charge in [0.15, 0.2) is 0 Å². The summed E-state index contributed by atoms with van der Waals surface area (Å²) in [4.78, 5) is 11.9. The topological polar surface area (TPSA) is 166 Å². The highest BCUT2D eigenvalue weighted by Crippen LogP contribution is 2.29. The van der Waals surface area contributed by atoms with Crippen LogP contribution in [0.4, 0.5) is 0 Å². The smallest absolute Gasteiger partial charge is 0.330 e. The van der Waals surface area contributed by atoms with Crippen LogP contribution in [0.5, 0.6) is 23.0 Å². The summed E-state index contributed by atoms with van der Waals surface area (Å²) in [6, 6.07) is 9.45. The van der Waals surface area contributed by atoms with Gasteiger partial charge in [0.05, 0.1) is 0 Å². The summed E-state index contributed by atoms with van der Waals surface area (Å²) in [5.41, 5.74) is 0.644. The van der Waals surface area contributed by atoms with Crippen LogP contribution in [0, 0.1) is 0 Å². The van der Waals surface area contributed by atoms with E-state index in [2.05, 4.69) is 0 Å². The Bertz CT molecular complexity index is 906. The molecule has 3 rings (SSSR count). The molecule has 10 heteroatoms. The highest BCUT2D eigenvalue weighted by Gasteiger charge is 2.45. The molecule has 0 amide bonds. The average Bonchev–Trinajstić information content (AvgIpc) is 2.72. The van der Waals surface area contributed by atoms with Gasteiger partial charge in [0.25, 0.3) is 0 Å². The second-order valence-corrected chi connectivity index (χ2v) is 6.87. The number of carbonyl (C=O) groups excluding carboxylic acids is 1. The number of aliphatic hydroxyl groups is 3. The first-order valence-corrected chi connectivity index (χ1v) is 9.26. The molecule has 1 heterocycles. The van der Waals surface area contributed by atoms with Gasteiger partial charge in [0.2, 0.25) is 6.29 Å². The van der Waals surface area contributed by atoms with Crippen LogP contribution >= 0.6 is 0 Å². The van der Waals surface area contributed by atoms with Crippen molar-refractivity contribution >= 4 is 12.0 Å². The lowest BCUT2D eigenvalue weighted by Gasteiger charge is -2.39. The Kier molecular flexibility index (Phi) is 6.98. The monoisotopic (exact) mass is 434 g/mol. The van der Waals surface area contributed by atoms with Gasteiger partial charge in [-0.25, -0.2) is 4.79 Å². The van der Waals surface area contributed by atoms with Gasteiger partial charge in [-0.1, -0.05) is 12.1 Å². The van der Waals surface area contributed by atoms with Gasteiger partial charge in [-0.2, -0.15) is 0 Å². The molecule has 0 bridgehead atoms. The molecule has 1 fully saturated rings. The van der Waals surface area contributed by atoms with Crippen molar-refractivity contribution in [3.8, 4) is 23.0 Å². The number of hydrogen-bond acceptors (Lipinski definition) is 10. The van der Waals surface area contributed by atoms with Crippen molar-refractivity contribution in [2.24, 2.45) is 0 Å². The zero-order valence-corrected chi connectivity index (χ0v) is 16.1. The van der Waals surface area contributed by atoms with Crippen LogP contribution in [0.25, 0.3) is 6.08 Å². The summed E-state index contributed by atoms with van der Waals surface area (Å²) in [6.07, 6.45) is -4.99. The van der Waals surface area contributed by atoms with E-state index in [1.807, 2.05) is 0 Å². The minimum absolute atomic E-state index is 0.0577. The molecule has 10 nitrogen and oxygen atoms in total. The molecule has 6 N–H and O–H groups in total. The number of aliphatic hydroxyl groups excluding tert-OH is 3. The third kappa shape index (κ3) is 5.86. The molecular weight excluding hydrogens is 412 g/mol. The molecule has 1 aliphatic heterocycles. The fourth-order valence-corrected chi connectivity index (χ4v) is 2.88. The lowest BCUT2D eigenvalue weighted by atomic mass is 9.99. The van der Waals surface area contributed by atoms with Gasteiger partial charge >= 0.3 is 5.97 Å². The Morgan fingerprint density at radius 2 is 1.55 bits per heavy atom. The van der Waals surface area contributed by atoms with Crippen molar-refractivity contribution in [3.63, 3.8) is 0 Å². The Labute approximate surface area is 176 Å². The van der Waals surface area contributed by atoms with Gasteiger partial charge in [-0.3, -0.25) is 0 Å². The van der Waals surface area contributed by atoms with E-state index in [0.717, 1.165) is 24.3 Å². The van der Waals surface area contributed by atoms with Crippen molar-refractivity contribution in [1.29, 1.82) is 0 Å². The van der Waals surface area contributed by atoms with Gasteiger partial charge in [0.1, 0.15) is 54.0 Å². The molecular formula is C21H22O10. The highest BCUT2D eigenvalue weighted by molar-refractivity contribution is 5.87. The number of rotatable bonds is 6. The zero-order chi connectivity index (χ0) is 22.5. The molecule has 166 valence electrons. The predicted octanol–water partition coefficient (Wildman–Crippen LogP) is 0.246. The summed E-state index contributed by atoms with van der Waals surface area (Å²) in [5, 5.41) is 58.6. The fraction of sp³-hybridized carbons (Fsp3) is 0.286. The first-order valence-electron chi connectivity index (χ1n) is 9.26. The van der Waals surface area contributed by atoms with E-state index >= 15 is 0 Å². The number of benzene rings is 2. The van der Waals surface area contributed by atoms with E-state index in [0.29, 0.717) is 5.56 Å². The summed E-state index contributed by atoms with van der Waals surface area (Å²) in [5.74, 6) is -1.32. The van der Waals surface area contributed by atoms with Gasteiger partial charge in [0, 0.05) is 24.3 Å². The molecule has 1 aliphatic rings. The maximum Gasteiger partial charge on any atom is 0.330 e. The number of phenolic OH excluding ortho intramolecular Hbond substituents is 3. The van der Waals surface area contributed by atoms with Crippen LogP contribution in [-0.2, 0) is 14.3 Å². The number of esters is 1. The van der Waals surface area contributed by atoms with Crippen LogP contribution in [0.15, 0.2) is 48.5 Å². The number of aromatic hydroxyl groups is 3. The van der Waals surface area contributed by atoms with Crippen molar-refractivity contribution in [2.75, 3.05) is 6.61 Å². The maximum absolute atomic E-state index is 11.9. The Hall–Kier alpha value is -3.31. The normalized spacial score (nSPS) is 26.0. The minimum atomic E-state index is -1.67. The van der Waals surface area contributed by atoms with Crippen molar-refractivity contribution in [3.05, 3.63) is 54.1 Å². The predicted molar refractivity (Wildman–Crippen MR) is 105 cm³/mol. The lowest BCUT2D eigenvalue weighted by Crippen LogP contribution is -2.60. The molecule has 0 aliphatic carbocycles. The standard InChI is InChI=1S/C21H22O10/c22-12-4-1-11(2-5-12)3-6-17(25)29-10-16-18(26)19(27)20(28)21(31-16)30-15-8-13(23)7-14(24)9-15/h1-9,16,18-24,26-28H,10H2/t16-,18+,19-,20+,21+/m0/s1. The Morgan fingerprint density at radius 3 is 2.19 bits per heavy atom. The second kappa shape index (κ2) is 9.67. The van der Waals surface area contributed by atoms with Crippen molar-refractivity contribution < 1.29 is 49.6 Å². The van der Waals surface area contributed by atoms with E-state index in [1.165, 1.54) is 18.2 Å². The molecule has 0 unspecified atom stereocenters. The van der Waals surface area contributed by atoms with Crippen LogP contribution in [0.1, 0.15) is 5.56 Å². The largest absolute Gasteiger partial charge is 0.508 e. The molecule has 5 atom stereocenters. The van der Waals surface area contributed by atoms with Crippen molar-refractivity contribution in [1.82, 2.24) is 0 Å². The molecule has 0 spiro atoms. The number of carbonyl (C=O) groups is 1.